The van der Waals surface area contributed by atoms with Gasteiger partial charge in [0.25, 0.3) is 0 Å². The van der Waals surface area contributed by atoms with Crippen molar-refractivity contribution < 1.29 is 23.0 Å². The Morgan fingerprint density at radius 2 is 1.97 bits per heavy atom. The number of benzene rings is 1. The first kappa shape index (κ1) is 24.0. The third-order valence-electron chi connectivity index (χ3n) is 6.24. The molecule has 180 valence electrons. The van der Waals surface area contributed by atoms with E-state index in [2.05, 4.69) is 21.9 Å². The fraction of sp³-hybridized carbons (Fsp3) is 0.458. The van der Waals surface area contributed by atoms with Crippen LogP contribution >= 0.6 is 0 Å². The Kier molecular flexibility index (Phi) is 7.05. The molecule has 0 aliphatic carbocycles. The van der Waals surface area contributed by atoms with Gasteiger partial charge in [0.05, 0.1) is 24.5 Å². The fourth-order valence-corrected chi connectivity index (χ4v) is 4.33. The second kappa shape index (κ2) is 9.99. The number of nitriles is 1. The number of piperidine rings is 1. The van der Waals surface area contributed by atoms with Crippen LogP contribution < -0.4 is 4.74 Å². The highest BCUT2D eigenvalue weighted by Gasteiger charge is 2.35. The van der Waals surface area contributed by atoms with Crippen LogP contribution in [0.5, 0.6) is 5.75 Å². The number of aromatic nitrogens is 3. The van der Waals surface area contributed by atoms with Crippen LogP contribution in [0.15, 0.2) is 30.5 Å². The van der Waals surface area contributed by atoms with Crippen LogP contribution in [0.25, 0.3) is 22.3 Å². The smallest absolute Gasteiger partial charge is 0.419 e. The van der Waals surface area contributed by atoms with Gasteiger partial charge in [-0.25, -0.2) is 9.97 Å². The van der Waals surface area contributed by atoms with Crippen LogP contribution in [0.2, 0.25) is 0 Å². The summed E-state index contributed by atoms with van der Waals surface area (Å²) in [5.74, 6) is 0.0757. The van der Waals surface area contributed by atoms with Gasteiger partial charge in [-0.15, -0.1) is 0 Å². The number of aliphatic hydroxyl groups is 1. The molecule has 0 saturated carbocycles. The van der Waals surface area contributed by atoms with Crippen LogP contribution in [0.3, 0.4) is 0 Å². The minimum absolute atomic E-state index is 0.146. The van der Waals surface area contributed by atoms with Gasteiger partial charge in [-0.05, 0) is 69.6 Å². The van der Waals surface area contributed by atoms with Gasteiger partial charge in [-0.3, -0.25) is 0 Å². The largest absolute Gasteiger partial charge is 0.493 e. The van der Waals surface area contributed by atoms with Crippen LogP contribution in [0.4, 0.5) is 13.2 Å². The maximum Gasteiger partial charge on any atom is 0.419 e. The summed E-state index contributed by atoms with van der Waals surface area (Å²) in [6, 6.07) is 7.37. The van der Waals surface area contributed by atoms with Gasteiger partial charge < -0.3 is 19.3 Å². The number of aliphatic hydroxyl groups excluding tert-OH is 1. The zero-order chi connectivity index (χ0) is 24.3. The van der Waals surface area contributed by atoms with E-state index in [1.165, 1.54) is 12.1 Å². The highest BCUT2D eigenvalue weighted by Crippen LogP contribution is 2.40. The molecule has 0 spiro atoms. The number of fused-ring (bicyclic) bond motifs is 1. The van der Waals surface area contributed by atoms with E-state index in [0.29, 0.717) is 23.4 Å². The van der Waals surface area contributed by atoms with E-state index in [4.69, 9.17) is 4.74 Å². The second-order valence-corrected chi connectivity index (χ2v) is 8.57. The maximum absolute atomic E-state index is 13.9. The number of rotatable bonds is 7. The van der Waals surface area contributed by atoms with Gasteiger partial charge >= 0.3 is 6.18 Å². The molecule has 0 bridgehead atoms. The van der Waals surface area contributed by atoms with Crippen molar-refractivity contribution >= 4 is 11.0 Å². The van der Waals surface area contributed by atoms with E-state index in [1.807, 2.05) is 6.07 Å². The lowest BCUT2D eigenvalue weighted by Crippen LogP contribution is -2.30. The molecule has 1 aliphatic heterocycles. The summed E-state index contributed by atoms with van der Waals surface area (Å²) < 4.78 is 49.0. The molecule has 1 aliphatic rings. The van der Waals surface area contributed by atoms with Crippen molar-refractivity contribution in [2.45, 2.75) is 32.0 Å². The molecular weight excluding hydrogens is 447 g/mol. The zero-order valence-corrected chi connectivity index (χ0v) is 18.8. The fourth-order valence-electron chi connectivity index (χ4n) is 4.33. The van der Waals surface area contributed by atoms with Gasteiger partial charge in [0, 0.05) is 23.7 Å². The predicted molar refractivity (Wildman–Crippen MR) is 120 cm³/mol. The highest BCUT2D eigenvalue weighted by molar-refractivity contribution is 5.91. The molecular formula is C24H26F3N5O2. The Morgan fingerprint density at radius 3 is 2.65 bits per heavy atom. The lowest BCUT2D eigenvalue weighted by molar-refractivity contribution is -0.138. The summed E-state index contributed by atoms with van der Waals surface area (Å²) in [4.78, 5) is 10.6. The monoisotopic (exact) mass is 473 g/mol. The first-order valence-electron chi connectivity index (χ1n) is 11.2. The Hall–Kier alpha value is -3.16. The molecule has 0 radical (unpaired) electrons. The second-order valence-electron chi connectivity index (χ2n) is 8.57. The van der Waals surface area contributed by atoms with E-state index >= 15 is 0 Å². The summed E-state index contributed by atoms with van der Waals surface area (Å²) >= 11 is 0. The summed E-state index contributed by atoms with van der Waals surface area (Å²) in [5, 5.41) is 19.1. The Morgan fingerprint density at radius 1 is 1.21 bits per heavy atom. The average Bonchev–Trinajstić information content (AvgIpc) is 3.22. The quantitative estimate of drug-likeness (QED) is 0.556. The number of ether oxygens (including phenoxy) is 1. The SMILES string of the molecule is CN1CCC(CCOc2ccc(-c3nc(C#N)nc4c3ccn4CCO)cc2C(F)(F)F)CC1. The number of hydrogen-bond acceptors (Lipinski definition) is 6. The number of halogens is 3. The van der Waals surface area contributed by atoms with Crippen molar-refractivity contribution in [3.05, 3.63) is 41.9 Å². The first-order valence-corrected chi connectivity index (χ1v) is 11.2. The molecule has 1 fully saturated rings. The third-order valence-corrected chi connectivity index (χ3v) is 6.24. The molecule has 3 heterocycles. The average molecular weight is 473 g/mol. The molecule has 10 heteroatoms. The molecule has 0 unspecified atom stereocenters. The molecule has 34 heavy (non-hydrogen) atoms. The predicted octanol–water partition coefficient (Wildman–Crippen LogP) is 4.09. The molecule has 2 aromatic heterocycles. The number of nitrogens with zero attached hydrogens (tertiary/aromatic N) is 5. The summed E-state index contributed by atoms with van der Waals surface area (Å²) in [6.07, 6.45) is -0.210. The highest BCUT2D eigenvalue weighted by atomic mass is 19.4. The van der Waals surface area contributed by atoms with Crippen molar-refractivity contribution in [1.82, 2.24) is 19.4 Å². The van der Waals surface area contributed by atoms with Crippen molar-refractivity contribution in [1.29, 1.82) is 5.26 Å². The molecule has 1 N–H and O–H groups in total. The first-order chi connectivity index (χ1) is 16.3. The van der Waals surface area contributed by atoms with Gasteiger partial charge in [0.15, 0.2) is 0 Å². The number of likely N-dealkylation sites (tertiary alicyclic amines) is 1. The standard InChI is InChI=1S/C24H26F3N5O2/c1-31-8-4-16(5-9-31)7-13-34-20-3-2-17(14-19(20)24(25,26)27)22-18-6-10-32(11-12-33)23(18)30-21(15-28)29-22/h2-3,6,10,14,16,33H,4-5,7-9,11-13H2,1H3. The van der Waals surface area contributed by atoms with Gasteiger partial charge in [0.1, 0.15) is 17.5 Å². The third kappa shape index (κ3) is 5.16. The number of alkyl halides is 3. The Balaban J connectivity index is 1.64. The zero-order valence-electron chi connectivity index (χ0n) is 18.8. The topological polar surface area (TPSA) is 87.2 Å². The minimum atomic E-state index is -4.62. The normalized spacial score (nSPS) is 15.5. The Bertz CT molecular complexity index is 1190. The minimum Gasteiger partial charge on any atom is -0.493 e. The molecule has 0 atom stereocenters. The summed E-state index contributed by atoms with van der Waals surface area (Å²) in [5.41, 5.74) is -0.0710. The van der Waals surface area contributed by atoms with Crippen molar-refractivity contribution in [2.75, 3.05) is 33.4 Å². The van der Waals surface area contributed by atoms with Crippen LogP contribution in [0.1, 0.15) is 30.7 Å². The lowest BCUT2D eigenvalue weighted by Gasteiger charge is -2.28. The lowest BCUT2D eigenvalue weighted by atomic mass is 9.94. The maximum atomic E-state index is 13.9. The molecule has 1 aromatic carbocycles. The van der Waals surface area contributed by atoms with Crippen LogP contribution in [0, 0.1) is 17.2 Å². The molecule has 7 nitrogen and oxygen atoms in total. The summed E-state index contributed by atoms with van der Waals surface area (Å²) in [6.45, 7) is 2.29. The van der Waals surface area contributed by atoms with Crippen LogP contribution in [-0.2, 0) is 12.7 Å². The van der Waals surface area contributed by atoms with Crippen molar-refractivity contribution in [2.24, 2.45) is 5.92 Å². The van der Waals surface area contributed by atoms with E-state index in [0.717, 1.165) is 32.0 Å². The number of hydrogen-bond donors (Lipinski definition) is 1. The van der Waals surface area contributed by atoms with Gasteiger partial charge in [-0.1, -0.05) is 0 Å². The van der Waals surface area contributed by atoms with Crippen LogP contribution in [-0.4, -0.2) is 57.9 Å². The molecule has 0 amide bonds. The van der Waals surface area contributed by atoms with E-state index in [-0.39, 0.29) is 42.6 Å². The van der Waals surface area contributed by atoms with E-state index in [9.17, 15) is 23.5 Å². The van der Waals surface area contributed by atoms with Gasteiger partial charge in [0.2, 0.25) is 5.82 Å². The van der Waals surface area contributed by atoms with Crippen molar-refractivity contribution in [3.8, 4) is 23.1 Å². The van der Waals surface area contributed by atoms with E-state index < -0.39 is 11.7 Å². The summed E-state index contributed by atoms with van der Waals surface area (Å²) in [7, 11) is 2.07. The molecule has 4 rings (SSSR count). The van der Waals surface area contributed by atoms with Gasteiger partial charge in [-0.2, -0.15) is 18.4 Å². The van der Waals surface area contributed by atoms with Crippen molar-refractivity contribution in [3.63, 3.8) is 0 Å². The molecule has 1 saturated heterocycles. The Labute approximate surface area is 195 Å². The molecule has 3 aromatic rings. The van der Waals surface area contributed by atoms with E-state index in [1.54, 1.807) is 16.8 Å².